The first-order valence-corrected chi connectivity index (χ1v) is 4.48. The molecule has 1 radical (unpaired) electrons. The summed E-state index contributed by atoms with van der Waals surface area (Å²) in [6.07, 6.45) is 0. The number of rotatable bonds is 3. The van der Waals surface area contributed by atoms with Gasteiger partial charge in [-0.25, -0.2) is 0 Å². The first-order chi connectivity index (χ1) is 4.46. The van der Waals surface area contributed by atoms with Crippen molar-refractivity contribution in [1.29, 1.82) is 0 Å². The molecular formula is C6H18Cl3FeN3P. The summed E-state index contributed by atoms with van der Waals surface area (Å²) >= 11 is 0. The van der Waals surface area contributed by atoms with Gasteiger partial charge < -0.3 is 37.2 Å². The Morgan fingerprint density at radius 2 is 0.714 bits per heavy atom. The van der Waals surface area contributed by atoms with Crippen LogP contribution in [-0.2, 0) is 17.1 Å². The standard InChI is InChI=1S/C6H18N3P.3ClH.Fe/c1-7(2)10(8(3)4)9(5)6;;;;/h1-6H3;3*1H;/q;;;;+3/p-3. The summed E-state index contributed by atoms with van der Waals surface area (Å²) in [7, 11) is 12.4. The van der Waals surface area contributed by atoms with Gasteiger partial charge in [-0.2, -0.15) is 0 Å². The molecule has 0 unspecified atom stereocenters. The van der Waals surface area contributed by atoms with Crippen LogP contribution in [0.5, 0.6) is 0 Å². The van der Waals surface area contributed by atoms with Crippen molar-refractivity contribution in [3.63, 3.8) is 0 Å². The van der Waals surface area contributed by atoms with Crippen LogP contribution in [0, 0.1) is 0 Å². The second-order valence-corrected chi connectivity index (χ2v) is 5.75. The van der Waals surface area contributed by atoms with E-state index in [1.807, 2.05) is 0 Å². The van der Waals surface area contributed by atoms with E-state index in [1.165, 1.54) is 0 Å². The minimum absolute atomic E-state index is 0. The Balaban J connectivity index is -0.0000000675. The Morgan fingerprint density at radius 1 is 0.571 bits per heavy atom. The Morgan fingerprint density at radius 3 is 0.714 bits per heavy atom. The van der Waals surface area contributed by atoms with Crippen molar-refractivity contribution in [2.24, 2.45) is 0 Å². The fraction of sp³-hybridized carbons (Fsp3) is 1.00. The fourth-order valence-electron chi connectivity index (χ4n) is 1.07. The number of hydrogen-bond acceptors (Lipinski definition) is 3. The molecule has 0 N–H and O–H groups in total. The van der Waals surface area contributed by atoms with Gasteiger partial charge in [0.1, 0.15) is 8.37 Å². The number of hydrogen-bond donors (Lipinski definition) is 0. The van der Waals surface area contributed by atoms with Crippen molar-refractivity contribution < 1.29 is 54.3 Å². The molecular weight excluding hydrogens is 307 g/mol. The van der Waals surface area contributed by atoms with E-state index < -0.39 is 0 Å². The summed E-state index contributed by atoms with van der Waals surface area (Å²) in [5.41, 5.74) is 0. The number of nitrogens with zero attached hydrogens (tertiary/aromatic N) is 3. The van der Waals surface area contributed by atoms with Crippen LogP contribution >= 0.6 is 8.37 Å². The predicted molar refractivity (Wildman–Crippen MR) is 48.0 cm³/mol. The van der Waals surface area contributed by atoms with Gasteiger partial charge in [0.25, 0.3) is 0 Å². The molecule has 0 aliphatic heterocycles. The zero-order valence-electron chi connectivity index (χ0n) is 9.28. The molecule has 0 aromatic rings. The Kier molecular flexibility index (Phi) is 31.1. The SMILES string of the molecule is CN(C)P(N(C)C)N(C)C.[Cl-].[Cl-].[Cl-].[Fe+3]. The monoisotopic (exact) mass is 324 g/mol. The third-order valence-corrected chi connectivity index (χ3v) is 3.22. The van der Waals surface area contributed by atoms with Gasteiger partial charge in [0.15, 0.2) is 0 Å². The van der Waals surface area contributed by atoms with Crippen LogP contribution in [-0.4, -0.2) is 56.3 Å². The van der Waals surface area contributed by atoms with Crippen molar-refractivity contribution in [2.45, 2.75) is 0 Å². The second kappa shape index (κ2) is 14.7. The molecule has 14 heavy (non-hydrogen) atoms. The molecule has 0 spiro atoms. The largest absolute Gasteiger partial charge is 3.00 e. The van der Waals surface area contributed by atoms with Gasteiger partial charge in [-0.1, -0.05) is 0 Å². The average molecular weight is 325 g/mol. The van der Waals surface area contributed by atoms with E-state index in [-0.39, 0.29) is 62.7 Å². The normalized spacial score (nSPS) is 9.00. The van der Waals surface area contributed by atoms with Crippen molar-refractivity contribution in [3.8, 4) is 0 Å². The van der Waals surface area contributed by atoms with Gasteiger partial charge in [-0.3, -0.25) is 14.0 Å². The van der Waals surface area contributed by atoms with E-state index in [2.05, 4.69) is 56.3 Å². The van der Waals surface area contributed by atoms with E-state index in [9.17, 15) is 0 Å². The van der Waals surface area contributed by atoms with Crippen LogP contribution in [0.25, 0.3) is 0 Å². The molecule has 0 saturated carbocycles. The van der Waals surface area contributed by atoms with Gasteiger partial charge in [-0.05, 0) is 42.3 Å². The maximum Gasteiger partial charge on any atom is 3.00 e. The van der Waals surface area contributed by atoms with Crippen LogP contribution < -0.4 is 37.2 Å². The topological polar surface area (TPSA) is 9.72 Å². The summed E-state index contributed by atoms with van der Waals surface area (Å²) in [6.45, 7) is 0. The van der Waals surface area contributed by atoms with Crippen molar-refractivity contribution in [2.75, 3.05) is 42.3 Å². The quantitative estimate of drug-likeness (QED) is 0.377. The first-order valence-electron chi connectivity index (χ1n) is 3.28. The van der Waals surface area contributed by atoms with Gasteiger partial charge in [0.2, 0.25) is 0 Å². The molecule has 8 heteroatoms. The van der Waals surface area contributed by atoms with Gasteiger partial charge in [-0.15, -0.1) is 0 Å². The van der Waals surface area contributed by atoms with E-state index in [0.29, 0.717) is 0 Å². The van der Waals surface area contributed by atoms with Gasteiger partial charge in [0.05, 0.1) is 0 Å². The van der Waals surface area contributed by atoms with Gasteiger partial charge >= 0.3 is 17.1 Å². The summed E-state index contributed by atoms with van der Waals surface area (Å²) < 4.78 is 6.69. The van der Waals surface area contributed by atoms with Crippen LogP contribution in [0.4, 0.5) is 0 Å². The smallest absolute Gasteiger partial charge is 1.00 e. The molecule has 0 amide bonds. The summed E-state index contributed by atoms with van der Waals surface area (Å²) in [6, 6.07) is 0. The van der Waals surface area contributed by atoms with Crippen LogP contribution in [0.2, 0.25) is 0 Å². The number of halogens is 3. The third kappa shape index (κ3) is 11.8. The van der Waals surface area contributed by atoms with E-state index >= 15 is 0 Å². The fourth-order valence-corrected chi connectivity index (χ4v) is 3.22. The molecule has 0 aliphatic rings. The molecule has 0 bridgehead atoms. The maximum absolute atomic E-state index is 2.23. The summed E-state index contributed by atoms with van der Waals surface area (Å²) in [5.74, 6) is 0. The Bertz CT molecular complexity index is 89.3. The molecule has 0 rings (SSSR count). The molecule has 3 nitrogen and oxygen atoms in total. The summed E-state index contributed by atoms with van der Waals surface area (Å²) in [5, 5.41) is 0. The molecule has 0 aromatic heterocycles. The van der Waals surface area contributed by atoms with E-state index in [1.54, 1.807) is 0 Å². The molecule has 0 atom stereocenters. The van der Waals surface area contributed by atoms with E-state index in [0.717, 1.165) is 0 Å². The molecule has 0 saturated heterocycles. The molecule has 0 heterocycles. The first kappa shape index (κ1) is 29.6. The molecule has 0 fully saturated rings. The minimum Gasteiger partial charge on any atom is -1.00 e. The maximum atomic E-state index is 2.23. The molecule has 0 aliphatic carbocycles. The second-order valence-electron chi connectivity index (χ2n) is 2.81. The summed E-state index contributed by atoms with van der Waals surface area (Å²) in [4.78, 5) is 0. The zero-order valence-corrected chi connectivity index (χ0v) is 13.5. The van der Waals surface area contributed by atoms with Crippen molar-refractivity contribution in [3.05, 3.63) is 0 Å². The van der Waals surface area contributed by atoms with Crippen LogP contribution in [0.3, 0.4) is 0 Å². The van der Waals surface area contributed by atoms with Crippen molar-refractivity contribution in [1.82, 2.24) is 14.0 Å². The molecule has 91 valence electrons. The third-order valence-electron chi connectivity index (χ3n) is 1.07. The predicted octanol–water partition coefficient (Wildman–Crippen LogP) is -8.09. The van der Waals surface area contributed by atoms with Crippen molar-refractivity contribution >= 4 is 8.37 Å². The van der Waals surface area contributed by atoms with Gasteiger partial charge in [0, 0.05) is 0 Å². The zero-order chi connectivity index (χ0) is 8.31. The average Bonchev–Trinajstić information content (AvgIpc) is 1.59. The van der Waals surface area contributed by atoms with Crippen LogP contribution in [0.15, 0.2) is 0 Å². The molecule has 0 aromatic carbocycles. The minimum atomic E-state index is -0.238. The Hall–Kier alpha value is 1.70. The van der Waals surface area contributed by atoms with E-state index in [4.69, 9.17) is 0 Å². The van der Waals surface area contributed by atoms with Crippen LogP contribution in [0.1, 0.15) is 0 Å². The Labute approximate surface area is 119 Å².